The van der Waals surface area contributed by atoms with Crippen LogP contribution >= 0.6 is 0 Å². The Morgan fingerprint density at radius 3 is 1.76 bits per heavy atom. The summed E-state index contributed by atoms with van der Waals surface area (Å²) in [5.74, 6) is 2.75. The second-order valence-corrected chi connectivity index (χ2v) is 17.4. The van der Waals surface area contributed by atoms with Gasteiger partial charge in [-0.05, 0) is 75.2 Å². The Morgan fingerprint density at radius 2 is 1.05 bits per heavy atom. The zero-order chi connectivity index (χ0) is 43.3. The van der Waals surface area contributed by atoms with Crippen LogP contribution in [-0.4, -0.2) is 26.5 Å². The maximum atomic E-state index is 7.03. The Balaban J connectivity index is 0.972. The first-order valence-electron chi connectivity index (χ1n) is 22.5. The Hall–Kier alpha value is -8.61. The minimum absolute atomic E-state index is 0.132. The van der Waals surface area contributed by atoms with E-state index in [9.17, 15) is 0 Å². The number of hydrogen-bond donors (Lipinski definition) is 0. The molecule has 2 unspecified atom stereocenters. The van der Waals surface area contributed by atoms with Crippen LogP contribution in [0.5, 0.6) is 0 Å². The molecule has 6 heteroatoms. The maximum absolute atomic E-state index is 7.03. The molecule has 0 saturated heterocycles. The third-order valence-corrected chi connectivity index (χ3v) is 13.9. The number of aromatic nitrogens is 3. The van der Waals surface area contributed by atoms with Gasteiger partial charge in [0.05, 0.1) is 16.8 Å². The van der Waals surface area contributed by atoms with Gasteiger partial charge in [-0.2, -0.15) is 0 Å². The zero-order valence-corrected chi connectivity index (χ0v) is 35.6. The van der Waals surface area contributed by atoms with Crippen LogP contribution in [0.3, 0.4) is 0 Å². The Kier molecular flexibility index (Phi) is 7.92. The fraction of sp³-hybridized carbons (Fsp3) is 0.0500. The molecule has 0 fully saturated rings. The lowest BCUT2D eigenvalue weighted by Gasteiger charge is -2.30. The molecular formula is C60H37N5O. The van der Waals surface area contributed by atoms with Crippen LogP contribution in [0.25, 0.3) is 78.4 Å². The van der Waals surface area contributed by atoms with Gasteiger partial charge in [0.1, 0.15) is 11.2 Å². The molecule has 0 radical (unpaired) electrons. The predicted octanol–water partition coefficient (Wildman–Crippen LogP) is 13.8. The molecule has 10 aromatic rings. The van der Waals surface area contributed by atoms with Crippen LogP contribution in [0, 0.1) is 5.92 Å². The number of amidine groups is 1. The van der Waals surface area contributed by atoms with Crippen LogP contribution in [0.1, 0.15) is 39.8 Å². The molecule has 0 amide bonds. The van der Waals surface area contributed by atoms with Gasteiger partial charge in [0.2, 0.25) is 0 Å². The summed E-state index contributed by atoms with van der Waals surface area (Å²) in [5.41, 5.74) is 17.5. The second-order valence-electron chi connectivity index (χ2n) is 17.4. The van der Waals surface area contributed by atoms with E-state index >= 15 is 0 Å². The molecule has 2 atom stereocenters. The van der Waals surface area contributed by atoms with E-state index in [0.717, 1.165) is 84.3 Å². The van der Waals surface area contributed by atoms with E-state index in [1.165, 1.54) is 27.8 Å². The highest BCUT2D eigenvalue weighted by Gasteiger charge is 2.53. The molecule has 3 aliphatic carbocycles. The third-order valence-electron chi connectivity index (χ3n) is 13.9. The normalized spacial score (nSPS) is 17.5. The number of allylic oxidation sites excluding steroid dienone is 4. The summed E-state index contributed by atoms with van der Waals surface area (Å²) in [6, 6.07) is 66.2. The van der Waals surface area contributed by atoms with E-state index in [-0.39, 0.29) is 5.92 Å². The van der Waals surface area contributed by atoms with Crippen LogP contribution in [0.2, 0.25) is 0 Å². The minimum Gasteiger partial charge on any atom is -0.455 e. The van der Waals surface area contributed by atoms with Crippen LogP contribution in [0.4, 0.5) is 0 Å². The fourth-order valence-corrected chi connectivity index (χ4v) is 11.1. The molecule has 1 spiro atoms. The number of fused-ring (bicyclic) bond motifs is 15. The Morgan fingerprint density at radius 1 is 0.455 bits per heavy atom. The topological polar surface area (TPSA) is 76.5 Å². The number of hydrogen-bond acceptors (Lipinski definition) is 6. The van der Waals surface area contributed by atoms with Crippen molar-refractivity contribution in [2.24, 2.45) is 15.9 Å². The standard InChI is InChI=1S/C60H37N5O/c1-4-17-36(18-5-1)54-43-25-12-15-30-50(43)61-58(62-54)39-31-34-51-45(35-39)40-32-33-49-53(55(40)66-51)42-24-11-14-28-47(42)60(49)46-27-13-10-23-41(46)52-44(26-16-29-48(52)60)59-64-56(37-19-6-2-7-20-37)63-57(65-59)38-21-8-3-9-22-38/h1-24,26-35,43H,25H2. The molecular weight excluding hydrogens is 807 g/mol. The molecule has 2 aromatic heterocycles. The van der Waals surface area contributed by atoms with Crippen molar-refractivity contribution in [3.63, 3.8) is 0 Å². The first-order chi connectivity index (χ1) is 32.7. The van der Waals surface area contributed by atoms with Crippen molar-refractivity contribution in [3.8, 4) is 56.4 Å². The lowest BCUT2D eigenvalue weighted by molar-refractivity contribution is 0.669. The summed E-state index contributed by atoms with van der Waals surface area (Å²) in [6.45, 7) is 0. The van der Waals surface area contributed by atoms with Gasteiger partial charge in [0.25, 0.3) is 0 Å². The van der Waals surface area contributed by atoms with E-state index in [4.69, 9.17) is 29.4 Å². The molecule has 66 heavy (non-hydrogen) atoms. The second kappa shape index (κ2) is 14.2. The molecule has 0 bridgehead atoms. The molecule has 308 valence electrons. The SMILES string of the molecule is C1=CCC2C(=C1)N=C(c1ccc3oc4c5c(ccc4c3c1)C1(c3ccccc3-c3c(-c4nc(-c6ccccc6)nc(-c6ccccc6)n4)cccc31)c1ccccc1-5)N=C2c1ccccc1. The van der Waals surface area contributed by atoms with Crippen molar-refractivity contribution in [2.75, 3.05) is 0 Å². The van der Waals surface area contributed by atoms with Gasteiger partial charge in [-0.3, -0.25) is 0 Å². The first-order valence-corrected chi connectivity index (χ1v) is 22.5. The van der Waals surface area contributed by atoms with Crippen molar-refractivity contribution < 1.29 is 4.42 Å². The first kappa shape index (κ1) is 36.8. The molecule has 6 nitrogen and oxygen atoms in total. The molecule has 1 aliphatic heterocycles. The van der Waals surface area contributed by atoms with Gasteiger partial charge in [-0.15, -0.1) is 0 Å². The van der Waals surface area contributed by atoms with E-state index in [1.807, 2.05) is 36.4 Å². The van der Waals surface area contributed by atoms with Crippen LogP contribution < -0.4 is 0 Å². The lowest BCUT2D eigenvalue weighted by atomic mass is 9.70. The van der Waals surface area contributed by atoms with E-state index in [0.29, 0.717) is 23.3 Å². The third kappa shape index (κ3) is 5.27. The van der Waals surface area contributed by atoms with Crippen molar-refractivity contribution in [3.05, 3.63) is 245 Å². The molecule has 14 rings (SSSR count). The quantitative estimate of drug-likeness (QED) is 0.173. The average Bonchev–Trinajstić information content (AvgIpc) is 4.03. The van der Waals surface area contributed by atoms with Gasteiger partial charge in [0.15, 0.2) is 23.3 Å². The molecule has 3 heterocycles. The maximum Gasteiger partial charge on any atom is 0.164 e. The number of nitrogens with zero attached hydrogens (tertiary/aromatic N) is 5. The molecule has 8 aromatic carbocycles. The predicted molar refractivity (Wildman–Crippen MR) is 265 cm³/mol. The highest BCUT2D eigenvalue weighted by Crippen LogP contribution is 2.65. The summed E-state index contributed by atoms with van der Waals surface area (Å²) in [7, 11) is 0. The van der Waals surface area contributed by atoms with Gasteiger partial charge in [-0.1, -0.05) is 182 Å². The smallest absolute Gasteiger partial charge is 0.164 e. The summed E-state index contributed by atoms with van der Waals surface area (Å²) in [5, 5.41) is 2.10. The monoisotopic (exact) mass is 843 g/mol. The minimum atomic E-state index is -0.623. The molecule has 4 aliphatic rings. The number of benzene rings is 8. The largest absolute Gasteiger partial charge is 0.455 e. The molecule has 0 saturated carbocycles. The van der Waals surface area contributed by atoms with Crippen LogP contribution in [0.15, 0.2) is 226 Å². The number of rotatable bonds is 5. The van der Waals surface area contributed by atoms with Gasteiger partial charge < -0.3 is 4.42 Å². The Bertz CT molecular complexity index is 3730. The summed E-state index contributed by atoms with van der Waals surface area (Å²) in [6.07, 6.45) is 7.33. The van der Waals surface area contributed by atoms with Crippen molar-refractivity contribution in [1.29, 1.82) is 0 Å². The highest BCUT2D eigenvalue weighted by atomic mass is 16.3. The van der Waals surface area contributed by atoms with Crippen molar-refractivity contribution >= 4 is 33.5 Å². The fourth-order valence-electron chi connectivity index (χ4n) is 11.1. The number of aliphatic imine (C=N–C) groups is 2. The van der Waals surface area contributed by atoms with Crippen molar-refractivity contribution in [1.82, 2.24) is 15.0 Å². The summed E-state index contributed by atoms with van der Waals surface area (Å²) in [4.78, 5) is 25.9. The zero-order valence-electron chi connectivity index (χ0n) is 35.6. The highest BCUT2D eigenvalue weighted by molar-refractivity contribution is 6.19. The number of furan rings is 1. The summed E-state index contributed by atoms with van der Waals surface area (Å²) < 4.78 is 7.03. The van der Waals surface area contributed by atoms with E-state index in [1.54, 1.807) is 0 Å². The lowest BCUT2D eigenvalue weighted by Crippen LogP contribution is -2.25. The van der Waals surface area contributed by atoms with Gasteiger partial charge in [-0.25, -0.2) is 24.9 Å². The molecule has 0 N–H and O–H groups in total. The summed E-state index contributed by atoms with van der Waals surface area (Å²) >= 11 is 0. The van der Waals surface area contributed by atoms with Crippen molar-refractivity contribution in [2.45, 2.75) is 11.8 Å². The van der Waals surface area contributed by atoms with E-state index in [2.05, 4.69) is 170 Å². The average molecular weight is 844 g/mol. The Labute approximate surface area is 380 Å². The van der Waals surface area contributed by atoms with Gasteiger partial charge >= 0.3 is 0 Å². The van der Waals surface area contributed by atoms with E-state index < -0.39 is 5.41 Å². The van der Waals surface area contributed by atoms with Gasteiger partial charge in [0, 0.05) is 44.5 Å². The van der Waals surface area contributed by atoms with Crippen LogP contribution in [-0.2, 0) is 5.41 Å².